The second-order valence-electron chi connectivity index (χ2n) is 3.79. The molecule has 2 rings (SSSR count). The summed E-state index contributed by atoms with van der Waals surface area (Å²) in [5.41, 5.74) is 1.79. The molecule has 0 aromatic heterocycles. The third-order valence-electron chi connectivity index (χ3n) is 2.48. The minimum atomic E-state index is -5.03. The number of rotatable bonds is 1. The number of carbonyl (C=O) groups is 1. The molecule has 0 atom stereocenters. The molecule has 0 saturated heterocycles. The highest BCUT2D eigenvalue weighted by Crippen LogP contribution is 2.26. The van der Waals surface area contributed by atoms with E-state index in [1.165, 1.54) is 0 Å². The summed E-state index contributed by atoms with van der Waals surface area (Å²) in [6.45, 7) is 0.296. The number of nitrogens with zero attached hydrogens (tertiary/aromatic N) is 2. The second-order valence-corrected chi connectivity index (χ2v) is 3.79. The average molecular weight is 258 g/mol. The first-order valence-corrected chi connectivity index (χ1v) is 5.05. The van der Waals surface area contributed by atoms with E-state index < -0.39 is 12.1 Å². The van der Waals surface area contributed by atoms with Crippen molar-refractivity contribution in [2.45, 2.75) is 6.18 Å². The number of benzene rings is 1. The van der Waals surface area contributed by atoms with E-state index in [4.69, 9.17) is 0 Å². The highest BCUT2D eigenvalue weighted by atomic mass is 19.4. The van der Waals surface area contributed by atoms with Gasteiger partial charge in [-0.15, -0.1) is 0 Å². The molecule has 96 valence electrons. The van der Waals surface area contributed by atoms with Crippen molar-refractivity contribution in [1.29, 1.82) is 0 Å². The Morgan fingerprint density at radius 1 is 1.39 bits per heavy atom. The van der Waals surface area contributed by atoms with Crippen LogP contribution in [-0.4, -0.2) is 31.4 Å². The summed E-state index contributed by atoms with van der Waals surface area (Å²) in [6.07, 6.45) is -5.03. The molecular weight excluding hydrogens is 249 g/mol. The van der Waals surface area contributed by atoms with Crippen molar-refractivity contribution in [2.75, 3.05) is 18.5 Å². The zero-order chi connectivity index (χ0) is 13.3. The Hall–Kier alpha value is -2.05. The fourth-order valence-corrected chi connectivity index (χ4v) is 1.67. The summed E-state index contributed by atoms with van der Waals surface area (Å²) in [6, 6.07) is 7.06. The van der Waals surface area contributed by atoms with Gasteiger partial charge in [0.05, 0.1) is 6.54 Å². The molecule has 0 saturated carbocycles. The van der Waals surface area contributed by atoms with Crippen LogP contribution >= 0.6 is 0 Å². The molecule has 4 nitrogen and oxygen atoms in total. The number of fused-ring (bicyclic) bond motifs is 1. The third kappa shape index (κ3) is 2.29. The zero-order valence-corrected chi connectivity index (χ0v) is 9.36. The van der Waals surface area contributed by atoms with Crippen LogP contribution in [0.25, 0.3) is 0 Å². The van der Waals surface area contributed by atoms with Crippen LogP contribution in [0.5, 0.6) is 0 Å². The number of anilines is 1. The summed E-state index contributed by atoms with van der Waals surface area (Å²) in [7, 11) is 1.77. The predicted molar refractivity (Wildman–Crippen MR) is 58.4 cm³/mol. The van der Waals surface area contributed by atoms with Crippen LogP contribution in [0.4, 0.5) is 18.9 Å². The number of oxime groups is 1. The van der Waals surface area contributed by atoms with Crippen molar-refractivity contribution in [3.8, 4) is 0 Å². The lowest BCUT2D eigenvalue weighted by molar-refractivity contribution is -0.199. The van der Waals surface area contributed by atoms with Gasteiger partial charge in [-0.1, -0.05) is 23.4 Å². The fourth-order valence-electron chi connectivity index (χ4n) is 1.67. The van der Waals surface area contributed by atoms with Gasteiger partial charge in [-0.25, -0.2) is 4.79 Å². The number of carbonyl (C=O) groups excluding carboxylic acids is 1. The van der Waals surface area contributed by atoms with Crippen molar-refractivity contribution < 1.29 is 22.8 Å². The van der Waals surface area contributed by atoms with Crippen molar-refractivity contribution in [3.05, 3.63) is 29.8 Å². The molecule has 0 bridgehead atoms. The van der Waals surface area contributed by atoms with Gasteiger partial charge < -0.3 is 9.74 Å². The highest BCUT2D eigenvalue weighted by Gasteiger charge is 2.42. The minimum absolute atomic E-state index is 0.296. The molecule has 0 spiro atoms. The van der Waals surface area contributed by atoms with Gasteiger partial charge in [0.15, 0.2) is 0 Å². The van der Waals surface area contributed by atoms with Gasteiger partial charge in [0.25, 0.3) is 0 Å². The molecule has 0 amide bonds. The van der Waals surface area contributed by atoms with Gasteiger partial charge in [0.1, 0.15) is 5.71 Å². The van der Waals surface area contributed by atoms with E-state index in [0.29, 0.717) is 17.8 Å². The van der Waals surface area contributed by atoms with Gasteiger partial charge in [0, 0.05) is 18.3 Å². The Morgan fingerprint density at radius 2 is 2.06 bits per heavy atom. The molecule has 1 aromatic carbocycles. The molecular formula is C11H9F3N2O2. The minimum Gasteiger partial charge on any atom is -0.368 e. The van der Waals surface area contributed by atoms with Crippen molar-refractivity contribution in [1.82, 2.24) is 0 Å². The maximum Gasteiger partial charge on any atom is 0.493 e. The van der Waals surface area contributed by atoms with E-state index in [-0.39, 0.29) is 0 Å². The lowest BCUT2D eigenvalue weighted by Gasteiger charge is -2.09. The molecule has 0 unspecified atom stereocenters. The van der Waals surface area contributed by atoms with E-state index in [1.54, 1.807) is 30.1 Å². The largest absolute Gasteiger partial charge is 0.493 e. The fraction of sp³-hybridized carbons (Fsp3) is 0.273. The molecule has 0 fully saturated rings. The summed E-state index contributed by atoms with van der Waals surface area (Å²) < 4.78 is 35.8. The molecule has 1 heterocycles. The van der Waals surface area contributed by atoms with Crippen LogP contribution in [0.2, 0.25) is 0 Å². The standard InChI is InChI=1S/C11H9F3N2O2/c1-16-6-8(7-4-2-3-5-9(7)16)15-18-10(17)11(12,13)14/h2-5H,6H2,1H3/b15-8+. The molecule has 1 aliphatic heterocycles. The molecule has 7 heteroatoms. The van der Waals surface area contributed by atoms with Crippen LogP contribution in [0.1, 0.15) is 5.56 Å². The molecule has 0 N–H and O–H groups in total. The monoisotopic (exact) mass is 258 g/mol. The quantitative estimate of drug-likeness (QED) is 0.571. The SMILES string of the molecule is CN1C/C(=N\OC(=O)C(F)(F)F)c2ccccc21. The Labute approximate surface area is 101 Å². The lowest BCUT2D eigenvalue weighted by atomic mass is 10.1. The number of likely N-dealkylation sites (N-methyl/N-ethyl adjacent to an activating group) is 1. The molecule has 18 heavy (non-hydrogen) atoms. The number of halogens is 3. The first-order valence-electron chi connectivity index (χ1n) is 5.05. The van der Waals surface area contributed by atoms with E-state index in [9.17, 15) is 18.0 Å². The molecule has 1 aliphatic rings. The second kappa shape index (κ2) is 4.32. The molecule has 0 aliphatic carbocycles. The number of hydrogen-bond acceptors (Lipinski definition) is 4. The summed E-state index contributed by atoms with van der Waals surface area (Å²) in [5, 5.41) is 3.29. The van der Waals surface area contributed by atoms with Gasteiger partial charge >= 0.3 is 12.1 Å². The topological polar surface area (TPSA) is 41.9 Å². The maximum absolute atomic E-state index is 11.9. The Kier molecular flexibility index (Phi) is 2.98. The Morgan fingerprint density at radius 3 is 2.72 bits per heavy atom. The number of hydrogen-bond donors (Lipinski definition) is 0. The summed E-state index contributed by atoms with van der Waals surface area (Å²) in [5.74, 6) is -2.32. The predicted octanol–water partition coefficient (Wildman–Crippen LogP) is 1.95. The molecule has 0 radical (unpaired) electrons. The first-order chi connectivity index (χ1) is 8.39. The lowest BCUT2D eigenvalue weighted by Crippen LogP contribution is -2.24. The van der Waals surface area contributed by atoms with Crippen LogP contribution in [0.15, 0.2) is 29.4 Å². The maximum atomic E-state index is 11.9. The van der Waals surface area contributed by atoms with Crippen LogP contribution in [0, 0.1) is 0 Å². The summed E-state index contributed by atoms with van der Waals surface area (Å²) >= 11 is 0. The van der Waals surface area contributed by atoms with Crippen molar-refractivity contribution >= 4 is 17.4 Å². The van der Waals surface area contributed by atoms with E-state index >= 15 is 0 Å². The first kappa shape index (κ1) is 12.4. The van der Waals surface area contributed by atoms with Gasteiger partial charge in [-0.05, 0) is 6.07 Å². The van der Waals surface area contributed by atoms with Crippen LogP contribution in [0.3, 0.4) is 0 Å². The molecule has 1 aromatic rings. The van der Waals surface area contributed by atoms with Crippen LogP contribution in [-0.2, 0) is 9.63 Å². The Balaban J connectivity index is 2.20. The van der Waals surface area contributed by atoms with Crippen molar-refractivity contribution in [2.24, 2.45) is 5.16 Å². The number of para-hydroxylation sites is 1. The van der Waals surface area contributed by atoms with Gasteiger partial charge in [-0.3, -0.25) is 0 Å². The smallest absolute Gasteiger partial charge is 0.368 e. The van der Waals surface area contributed by atoms with Crippen LogP contribution < -0.4 is 4.90 Å². The van der Waals surface area contributed by atoms with Crippen molar-refractivity contribution in [3.63, 3.8) is 0 Å². The highest BCUT2D eigenvalue weighted by molar-refractivity contribution is 6.11. The van der Waals surface area contributed by atoms with E-state index in [1.807, 2.05) is 6.07 Å². The normalized spacial score (nSPS) is 16.9. The number of alkyl halides is 3. The van der Waals surface area contributed by atoms with E-state index in [0.717, 1.165) is 5.69 Å². The van der Waals surface area contributed by atoms with Gasteiger partial charge in [-0.2, -0.15) is 13.2 Å². The van der Waals surface area contributed by atoms with E-state index in [2.05, 4.69) is 9.99 Å². The zero-order valence-electron chi connectivity index (χ0n) is 9.36. The third-order valence-corrected chi connectivity index (χ3v) is 2.48. The van der Waals surface area contributed by atoms with Gasteiger partial charge in [0.2, 0.25) is 0 Å². The Bertz CT molecular complexity index is 511. The average Bonchev–Trinajstić information content (AvgIpc) is 2.63. The summed E-state index contributed by atoms with van der Waals surface area (Å²) in [4.78, 5) is 16.2.